The summed E-state index contributed by atoms with van der Waals surface area (Å²) in [6, 6.07) is -3.92. The minimum absolute atomic E-state index is 0.110. The number of halogens is 2. The van der Waals surface area contributed by atoms with Crippen molar-refractivity contribution in [3.05, 3.63) is 0 Å². The number of carbonyl (C=O) groups excluding carboxylic acids is 4. The first-order chi connectivity index (χ1) is 17.3. The molecule has 6 N–H and O–H groups in total. The summed E-state index contributed by atoms with van der Waals surface area (Å²) < 4.78 is 30.5. The fraction of sp³-hybridized carbons (Fsp3) is 0.846. The SMILES string of the molecule is CCCCCCCCCC1NC(=O)C(CC(C)(C)C)NC(=O)C(CCCN)NC(=O)CNC(=O)C1(F)F. The van der Waals surface area contributed by atoms with Crippen LogP contribution in [-0.2, 0) is 19.2 Å². The van der Waals surface area contributed by atoms with Crippen LogP contribution in [0.5, 0.6) is 0 Å². The van der Waals surface area contributed by atoms with Gasteiger partial charge < -0.3 is 27.0 Å². The molecule has 0 aliphatic carbocycles. The number of hydrogen-bond donors (Lipinski definition) is 5. The highest BCUT2D eigenvalue weighted by molar-refractivity contribution is 5.95. The summed E-state index contributed by atoms with van der Waals surface area (Å²) in [7, 11) is 0. The van der Waals surface area contributed by atoms with Crippen molar-refractivity contribution in [3.8, 4) is 0 Å². The number of alkyl halides is 2. The van der Waals surface area contributed by atoms with Gasteiger partial charge in [0, 0.05) is 0 Å². The Labute approximate surface area is 219 Å². The smallest absolute Gasteiger partial charge is 0.344 e. The van der Waals surface area contributed by atoms with Crippen LogP contribution in [0.4, 0.5) is 8.78 Å². The highest BCUT2D eigenvalue weighted by Crippen LogP contribution is 2.26. The van der Waals surface area contributed by atoms with E-state index in [9.17, 15) is 19.2 Å². The van der Waals surface area contributed by atoms with Crippen molar-refractivity contribution >= 4 is 23.6 Å². The molecule has 1 heterocycles. The van der Waals surface area contributed by atoms with Gasteiger partial charge in [0.2, 0.25) is 17.7 Å². The molecule has 0 saturated carbocycles. The summed E-state index contributed by atoms with van der Waals surface area (Å²) in [5.74, 6) is -7.75. The first kappa shape index (κ1) is 32.7. The fourth-order valence-corrected chi connectivity index (χ4v) is 4.29. The first-order valence-electron chi connectivity index (χ1n) is 13.6. The van der Waals surface area contributed by atoms with Crippen molar-refractivity contribution in [2.24, 2.45) is 11.1 Å². The van der Waals surface area contributed by atoms with Crippen molar-refractivity contribution in [2.45, 2.75) is 122 Å². The number of nitrogens with one attached hydrogen (secondary N) is 4. The fourth-order valence-electron chi connectivity index (χ4n) is 4.29. The van der Waals surface area contributed by atoms with Gasteiger partial charge in [0.15, 0.2) is 0 Å². The maximum Gasteiger partial charge on any atom is 0.344 e. The lowest BCUT2D eigenvalue weighted by Crippen LogP contribution is -2.59. The van der Waals surface area contributed by atoms with Gasteiger partial charge in [-0.15, -0.1) is 0 Å². The molecule has 1 rings (SSSR count). The van der Waals surface area contributed by atoms with E-state index in [1.165, 1.54) is 0 Å². The Bertz CT molecular complexity index is 758. The van der Waals surface area contributed by atoms with E-state index in [0.717, 1.165) is 32.1 Å². The Balaban J connectivity index is 3.17. The zero-order chi connectivity index (χ0) is 28.1. The van der Waals surface area contributed by atoms with E-state index in [2.05, 4.69) is 22.9 Å². The normalized spacial score (nSPS) is 23.6. The lowest BCUT2D eigenvalue weighted by molar-refractivity contribution is -0.153. The molecule has 214 valence electrons. The molecule has 1 saturated heterocycles. The van der Waals surface area contributed by atoms with Crippen molar-refractivity contribution < 1.29 is 28.0 Å². The molecule has 3 unspecified atom stereocenters. The van der Waals surface area contributed by atoms with Crippen LogP contribution < -0.4 is 27.0 Å². The molecule has 0 aromatic heterocycles. The van der Waals surface area contributed by atoms with Crippen LogP contribution >= 0.6 is 0 Å². The third kappa shape index (κ3) is 12.2. The number of rotatable bonds is 12. The molecule has 0 radical (unpaired) electrons. The van der Waals surface area contributed by atoms with Crippen molar-refractivity contribution in [1.29, 1.82) is 0 Å². The summed E-state index contributed by atoms with van der Waals surface area (Å²) in [4.78, 5) is 51.1. The zero-order valence-corrected chi connectivity index (χ0v) is 22.9. The van der Waals surface area contributed by atoms with Crippen molar-refractivity contribution in [2.75, 3.05) is 13.1 Å². The molecule has 0 spiro atoms. The van der Waals surface area contributed by atoms with Gasteiger partial charge in [0.25, 0.3) is 5.91 Å². The second-order valence-electron chi connectivity index (χ2n) is 11.2. The molecular weight excluding hydrogens is 484 g/mol. The Hall–Kier alpha value is -2.30. The minimum Gasteiger partial charge on any atom is -0.345 e. The van der Waals surface area contributed by atoms with Gasteiger partial charge in [-0.2, -0.15) is 8.78 Å². The quantitative estimate of drug-likeness (QED) is 0.246. The van der Waals surface area contributed by atoms with Gasteiger partial charge >= 0.3 is 5.92 Å². The Morgan fingerprint density at radius 1 is 0.838 bits per heavy atom. The summed E-state index contributed by atoms with van der Waals surface area (Å²) in [5, 5.41) is 9.42. The Kier molecular flexibility index (Phi) is 14.0. The van der Waals surface area contributed by atoms with Crippen molar-refractivity contribution in [3.63, 3.8) is 0 Å². The standard InChI is InChI=1S/C26H47F2N5O4/c1-5-6-7-8-9-10-11-14-20-26(27,28)24(37)30-17-21(34)31-18(13-12-15-29)22(35)32-19(23(36)33-20)16-25(2,3)4/h18-20H,5-17,29H2,1-4H3,(H,30,37)(H,31,34)(H,32,35)(H,33,36). The molecule has 1 fully saturated rings. The van der Waals surface area contributed by atoms with Crippen LogP contribution in [0.2, 0.25) is 0 Å². The van der Waals surface area contributed by atoms with Gasteiger partial charge in [0.05, 0.1) is 6.54 Å². The van der Waals surface area contributed by atoms with Gasteiger partial charge in [-0.05, 0) is 37.6 Å². The highest BCUT2D eigenvalue weighted by Gasteiger charge is 2.48. The van der Waals surface area contributed by atoms with Crippen molar-refractivity contribution in [1.82, 2.24) is 21.3 Å². The second-order valence-corrected chi connectivity index (χ2v) is 11.2. The topological polar surface area (TPSA) is 142 Å². The number of hydrogen-bond acceptors (Lipinski definition) is 5. The summed E-state index contributed by atoms with van der Waals surface area (Å²) in [6.07, 6.45) is 6.96. The number of amides is 4. The van der Waals surface area contributed by atoms with Crippen LogP contribution in [0.1, 0.15) is 98.3 Å². The van der Waals surface area contributed by atoms with Crippen LogP contribution in [0, 0.1) is 5.41 Å². The third-order valence-corrected chi connectivity index (χ3v) is 6.36. The molecule has 1 aliphatic rings. The Morgan fingerprint density at radius 3 is 2.03 bits per heavy atom. The second kappa shape index (κ2) is 15.8. The van der Waals surface area contributed by atoms with Crippen LogP contribution in [0.3, 0.4) is 0 Å². The lowest BCUT2D eigenvalue weighted by atomic mass is 9.87. The average molecular weight is 532 g/mol. The van der Waals surface area contributed by atoms with E-state index >= 15 is 8.78 Å². The summed E-state index contributed by atoms with van der Waals surface area (Å²) in [5.41, 5.74) is 5.12. The molecular formula is C26H47F2N5O4. The number of nitrogens with two attached hydrogens (primary N) is 1. The predicted molar refractivity (Wildman–Crippen MR) is 139 cm³/mol. The number of carbonyl (C=O) groups is 4. The molecule has 4 amide bonds. The molecule has 0 aromatic rings. The predicted octanol–water partition coefficient (Wildman–Crippen LogP) is 2.52. The molecule has 1 aliphatic heterocycles. The average Bonchev–Trinajstić information content (AvgIpc) is 2.81. The van der Waals surface area contributed by atoms with E-state index in [0.29, 0.717) is 19.3 Å². The van der Waals surface area contributed by atoms with Gasteiger partial charge in [0.1, 0.15) is 18.1 Å². The number of unbranched alkanes of at least 4 members (excludes halogenated alkanes) is 6. The lowest BCUT2D eigenvalue weighted by Gasteiger charge is -2.31. The zero-order valence-electron chi connectivity index (χ0n) is 22.9. The minimum atomic E-state index is -3.94. The molecule has 0 aromatic carbocycles. The van der Waals surface area contributed by atoms with Gasteiger partial charge in [-0.3, -0.25) is 19.2 Å². The van der Waals surface area contributed by atoms with E-state index in [-0.39, 0.29) is 25.8 Å². The van der Waals surface area contributed by atoms with E-state index in [1.54, 1.807) is 0 Å². The van der Waals surface area contributed by atoms with E-state index < -0.39 is 59.6 Å². The molecule has 37 heavy (non-hydrogen) atoms. The van der Waals surface area contributed by atoms with E-state index in [1.807, 2.05) is 26.1 Å². The van der Waals surface area contributed by atoms with Gasteiger partial charge in [-0.1, -0.05) is 72.6 Å². The molecule has 11 heteroatoms. The first-order valence-corrected chi connectivity index (χ1v) is 13.6. The van der Waals surface area contributed by atoms with Crippen LogP contribution in [0.15, 0.2) is 0 Å². The summed E-state index contributed by atoms with van der Waals surface area (Å²) >= 11 is 0. The molecule has 3 atom stereocenters. The van der Waals surface area contributed by atoms with Gasteiger partial charge in [-0.25, -0.2) is 0 Å². The monoisotopic (exact) mass is 531 g/mol. The molecule has 9 nitrogen and oxygen atoms in total. The van der Waals surface area contributed by atoms with Crippen LogP contribution in [-0.4, -0.2) is 60.8 Å². The molecule has 0 bridgehead atoms. The van der Waals surface area contributed by atoms with Crippen LogP contribution in [0.25, 0.3) is 0 Å². The summed E-state index contributed by atoms with van der Waals surface area (Å²) in [6.45, 7) is 7.25. The Morgan fingerprint density at radius 2 is 1.43 bits per heavy atom. The highest BCUT2D eigenvalue weighted by atomic mass is 19.3. The maximum absolute atomic E-state index is 15.3. The third-order valence-electron chi connectivity index (χ3n) is 6.36. The van der Waals surface area contributed by atoms with E-state index in [4.69, 9.17) is 5.73 Å². The maximum atomic E-state index is 15.3. The largest absolute Gasteiger partial charge is 0.345 e.